The number of amides is 1. The van der Waals surface area contributed by atoms with Gasteiger partial charge in [0.25, 0.3) is 0 Å². The van der Waals surface area contributed by atoms with Gasteiger partial charge in [-0.25, -0.2) is 0 Å². The van der Waals surface area contributed by atoms with Gasteiger partial charge in [0.1, 0.15) is 0 Å². The van der Waals surface area contributed by atoms with Crippen LogP contribution in [0.3, 0.4) is 0 Å². The maximum atomic E-state index is 12.6. The average Bonchev–Trinajstić information content (AvgIpc) is 3.18. The number of halogens is 2. The number of aromatic nitrogens is 3. The van der Waals surface area contributed by atoms with Crippen LogP contribution in [-0.4, -0.2) is 25.8 Å². The Hall–Kier alpha value is -1.80. The lowest BCUT2D eigenvalue weighted by molar-refractivity contribution is -0.115. The van der Waals surface area contributed by atoms with E-state index in [1.165, 1.54) is 11.8 Å². The molecule has 0 aliphatic rings. The predicted octanol–water partition coefficient (Wildman–Crippen LogP) is 5.37. The summed E-state index contributed by atoms with van der Waals surface area (Å²) in [6.07, 6.45) is 0. The lowest BCUT2D eigenvalue weighted by Gasteiger charge is -2.13. The van der Waals surface area contributed by atoms with Crippen molar-refractivity contribution in [2.45, 2.75) is 17.3 Å². The first-order valence-electron chi connectivity index (χ1n) is 7.69. The van der Waals surface area contributed by atoms with Crippen molar-refractivity contribution in [3.05, 3.63) is 52.5 Å². The molecule has 26 heavy (non-hydrogen) atoms. The van der Waals surface area contributed by atoms with E-state index in [0.717, 1.165) is 15.2 Å². The van der Waals surface area contributed by atoms with Gasteiger partial charge in [-0.1, -0.05) is 64.5 Å². The van der Waals surface area contributed by atoms with Crippen molar-refractivity contribution in [3.63, 3.8) is 0 Å². The summed E-state index contributed by atoms with van der Waals surface area (Å²) in [7, 11) is 0. The van der Waals surface area contributed by atoms with Gasteiger partial charge in [0.2, 0.25) is 10.9 Å². The van der Waals surface area contributed by atoms with Crippen molar-refractivity contribution < 1.29 is 4.79 Å². The first-order valence-corrected chi connectivity index (χ1v) is 10.1. The number of rotatable bonds is 4. The van der Waals surface area contributed by atoms with E-state index in [4.69, 9.17) is 23.2 Å². The Morgan fingerprint density at radius 3 is 2.65 bits per heavy atom. The van der Waals surface area contributed by atoms with Crippen molar-refractivity contribution in [3.8, 4) is 0 Å². The van der Waals surface area contributed by atoms with E-state index in [1.807, 2.05) is 28.7 Å². The second-order valence-electron chi connectivity index (χ2n) is 5.52. The Morgan fingerprint density at radius 1 is 1.15 bits per heavy atom. The van der Waals surface area contributed by atoms with Crippen molar-refractivity contribution in [2.75, 3.05) is 5.32 Å². The molecule has 0 saturated heterocycles. The molecule has 2 aromatic carbocycles. The number of carbonyl (C=O) groups excluding carboxylic acids is 1. The topological polar surface area (TPSA) is 59.3 Å². The number of benzene rings is 2. The molecule has 2 heterocycles. The Bertz CT molecular complexity index is 1100. The van der Waals surface area contributed by atoms with Gasteiger partial charge in [0.05, 0.1) is 31.2 Å². The number of hydrogen-bond donors (Lipinski definition) is 1. The summed E-state index contributed by atoms with van der Waals surface area (Å²) in [5, 5.41) is 12.3. The number of anilines is 1. The lowest BCUT2D eigenvalue weighted by atomic mass is 10.3. The molecule has 0 bridgehead atoms. The quantitative estimate of drug-likeness (QED) is 0.449. The van der Waals surface area contributed by atoms with Crippen LogP contribution in [-0.2, 0) is 4.79 Å². The van der Waals surface area contributed by atoms with Crippen LogP contribution in [0, 0.1) is 0 Å². The van der Waals surface area contributed by atoms with Crippen molar-refractivity contribution in [2.24, 2.45) is 0 Å². The van der Waals surface area contributed by atoms with E-state index in [1.54, 1.807) is 36.5 Å². The van der Waals surface area contributed by atoms with Crippen LogP contribution in [0.25, 0.3) is 15.2 Å². The van der Waals surface area contributed by atoms with Crippen LogP contribution in [0.4, 0.5) is 5.69 Å². The van der Waals surface area contributed by atoms with Crippen LogP contribution < -0.4 is 5.32 Å². The van der Waals surface area contributed by atoms with Gasteiger partial charge in [-0.3, -0.25) is 9.20 Å². The normalized spacial score (nSPS) is 12.6. The molecule has 132 valence electrons. The Kier molecular flexibility index (Phi) is 4.79. The molecule has 0 spiro atoms. The summed E-state index contributed by atoms with van der Waals surface area (Å²) in [6.45, 7) is 1.81. The molecule has 0 saturated carbocycles. The molecule has 0 aliphatic heterocycles. The Balaban J connectivity index is 1.59. The summed E-state index contributed by atoms with van der Waals surface area (Å²) in [6, 6.07) is 13.1. The van der Waals surface area contributed by atoms with Gasteiger partial charge in [-0.05, 0) is 31.2 Å². The molecule has 1 unspecified atom stereocenters. The van der Waals surface area contributed by atoms with Gasteiger partial charge in [0.15, 0.2) is 5.16 Å². The lowest BCUT2D eigenvalue weighted by Crippen LogP contribution is -2.23. The number of para-hydroxylation sites is 2. The number of nitrogens with zero attached hydrogens (tertiary/aromatic N) is 3. The molecule has 0 aliphatic carbocycles. The zero-order valence-corrected chi connectivity index (χ0v) is 16.6. The number of fused-ring (bicyclic) bond motifs is 3. The molecule has 4 rings (SSSR count). The van der Waals surface area contributed by atoms with E-state index in [-0.39, 0.29) is 5.91 Å². The van der Waals surface area contributed by atoms with Crippen molar-refractivity contribution in [1.29, 1.82) is 0 Å². The third-order valence-electron chi connectivity index (χ3n) is 3.77. The highest BCUT2D eigenvalue weighted by atomic mass is 35.5. The van der Waals surface area contributed by atoms with Gasteiger partial charge in [-0.15, -0.1) is 10.2 Å². The zero-order chi connectivity index (χ0) is 18.3. The third-order valence-corrected chi connectivity index (χ3v) is 6.46. The van der Waals surface area contributed by atoms with Gasteiger partial charge in [-0.2, -0.15) is 0 Å². The largest absolute Gasteiger partial charge is 0.323 e. The molecular formula is C17H12Cl2N4OS2. The fourth-order valence-electron chi connectivity index (χ4n) is 2.49. The highest BCUT2D eigenvalue weighted by Gasteiger charge is 2.21. The highest BCUT2D eigenvalue weighted by Crippen LogP contribution is 2.33. The van der Waals surface area contributed by atoms with Gasteiger partial charge < -0.3 is 5.32 Å². The molecule has 0 fully saturated rings. The van der Waals surface area contributed by atoms with E-state index >= 15 is 0 Å². The minimum atomic E-state index is -0.409. The minimum Gasteiger partial charge on any atom is -0.323 e. The third kappa shape index (κ3) is 3.16. The Labute approximate surface area is 167 Å². The number of hydrogen-bond acceptors (Lipinski definition) is 5. The monoisotopic (exact) mass is 422 g/mol. The fourth-order valence-corrected chi connectivity index (χ4v) is 4.86. The maximum Gasteiger partial charge on any atom is 0.237 e. The molecule has 1 amide bonds. The number of thioether (sulfide) groups is 1. The van der Waals surface area contributed by atoms with Crippen LogP contribution in [0.1, 0.15) is 6.92 Å². The number of nitrogens with one attached hydrogen (secondary N) is 1. The molecule has 0 radical (unpaired) electrons. The number of carbonyl (C=O) groups is 1. The van der Waals surface area contributed by atoms with Crippen LogP contribution >= 0.6 is 46.3 Å². The van der Waals surface area contributed by atoms with E-state index < -0.39 is 5.25 Å². The van der Waals surface area contributed by atoms with Gasteiger partial charge in [0, 0.05) is 0 Å². The van der Waals surface area contributed by atoms with Crippen molar-refractivity contribution in [1.82, 2.24) is 14.6 Å². The van der Waals surface area contributed by atoms with E-state index in [0.29, 0.717) is 20.9 Å². The summed E-state index contributed by atoms with van der Waals surface area (Å²) < 4.78 is 3.09. The molecule has 1 N–H and O–H groups in total. The van der Waals surface area contributed by atoms with E-state index in [9.17, 15) is 4.79 Å². The van der Waals surface area contributed by atoms with E-state index in [2.05, 4.69) is 15.5 Å². The smallest absolute Gasteiger partial charge is 0.237 e. The molecule has 4 aromatic rings. The van der Waals surface area contributed by atoms with Crippen LogP contribution in [0.5, 0.6) is 0 Å². The summed E-state index contributed by atoms with van der Waals surface area (Å²) in [5.74, 6) is -0.207. The molecular weight excluding hydrogens is 411 g/mol. The SMILES string of the molecule is CC(Sc1nnc2sc3ccccc3n12)C(=O)Nc1c(Cl)cccc1Cl. The average molecular weight is 423 g/mol. The highest BCUT2D eigenvalue weighted by molar-refractivity contribution is 8.00. The summed E-state index contributed by atoms with van der Waals surface area (Å²) in [5.41, 5.74) is 1.45. The Morgan fingerprint density at radius 2 is 1.88 bits per heavy atom. The molecule has 1 atom stereocenters. The first-order chi connectivity index (χ1) is 12.5. The standard InChI is InChI=1S/C17H12Cl2N4OS2/c1-9(15(24)20-14-10(18)5-4-6-11(14)19)25-16-21-22-17-23(16)12-7-2-3-8-13(12)26-17/h2-9H,1H3,(H,20,24). The zero-order valence-electron chi connectivity index (χ0n) is 13.4. The summed E-state index contributed by atoms with van der Waals surface area (Å²) >= 11 is 15.1. The van der Waals surface area contributed by atoms with Gasteiger partial charge >= 0.3 is 0 Å². The second kappa shape index (κ2) is 7.08. The van der Waals surface area contributed by atoms with Crippen LogP contribution in [0.15, 0.2) is 47.6 Å². The molecule has 2 aromatic heterocycles. The molecule has 9 heteroatoms. The predicted molar refractivity (Wildman–Crippen MR) is 109 cm³/mol. The minimum absolute atomic E-state index is 0.207. The fraction of sp³-hybridized carbons (Fsp3) is 0.118. The van der Waals surface area contributed by atoms with Crippen molar-refractivity contribution >= 4 is 73.1 Å². The maximum absolute atomic E-state index is 12.6. The summed E-state index contributed by atoms with van der Waals surface area (Å²) in [4.78, 5) is 13.4. The number of thiazole rings is 1. The van der Waals surface area contributed by atoms with Crippen LogP contribution in [0.2, 0.25) is 10.0 Å². The second-order valence-corrected chi connectivity index (χ2v) is 8.65. The first kappa shape index (κ1) is 17.6. The molecule has 5 nitrogen and oxygen atoms in total.